The van der Waals surface area contributed by atoms with Crippen molar-refractivity contribution in [1.29, 1.82) is 0 Å². The quantitative estimate of drug-likeness (QED) is 0.563. The van der Waals surface area contributed by atoms with Crippen molar-refractivity contribution in [1.82, 2.24) is 15.5 Å². The first-order valence-electron chi connectivity index (χ1n) is 9.09. The van der Waals surface area contributed by atoms with E-state index in [9.17, 15) is 9.59 Å². The average molecular weight is 411 g/mol. The van der Waals surface area contributed by atoms with Crippen LogP contribution in [0, 0.1) is 0 Å². The van der Waals surface area contributed by atoms with E-state index in [4.69, 9.17) is 18.7 Å². The first-order chi connectivity index (χ1) is 14.5. The summed E-state index contributed by atoms with van der Waals surface area (Å²) in [6.45, 7) is 1.32. The number of hydrogen-bond acceptors (Lipinski definition) is 8. The Morgan fingerprint density at radius 3 is 2.50 bits per heavy atom. The van der Waals surface area contributed by atoms with Crippen molar-refractivity contribution in [2.75, 3.05) is 14.2 Å². The van der Waals surface area contributed by atoms with Crippen LogP contribution in [0.4, 0.5) is 0 Å². The second-order valence-corrected chi connectivity index (χ2v) is 6.25. The third-order valence-electron chi connectivity index (χ3n) is 4.18. The molecule has 9 heteroatoms. The van der Waals surface area contributed by atoms with Gasteiger partial charge in [-0.3, -0.25) is 4.79 Å². The van der Waals surface area contributed by atoms with Crippen LogP contribution >= 0.6 is 0 Å². The average Bonchev–Trinajstić information content (AvgIpc) is 3.26. The fourth-order valence-electron chi connectivity index (χ4n) is 2.59. The van der Waals surface area contributed by atoms with E-state index < -0.39 is 12.0 Å². The molecule has 1 heterocycles. The summed E-state index contributed by atoms with van der Waals surface area (Å²) in [5.74, 6) is 0.544. The third kappa shape index (κ3) is 4.93. The Morgan fingerprint density at radius 1 is 1.07 bits per heavy atom. The van der Waals surface area contributed by atoms with Crippen molar-refractivity contribution >= 4 is 11.9 Å². The van der Waals surface area contributed by atoms with E-state index in [1.165, 1.54) is 14.0 Å². The number of carbonyl (C=O) groups is 2. The number of ether oxygens (including phenoxy) is 3. The molecule has 1 amide bonds. The molecular formula is C21H21N3O6. The molecule has 0 fully saturated rings. The molecule has 0 aliphatic carbocycles. The van der Waals surface area contributed by atoms with Crippen LogP contribution in [-0.4, -0.2) is 42.3 Å². The van der Waals surface area contributed by atoms with E-state index in [-0.39, 0.29) is 18.4 Å². The summed E-state index contributed by atoms with van der Waals surface area (Å²) in [5.41, 5.74) is 1.10. The number of nitrogens with zero attached hydrogens (tertiary/aromatic N) is 2. The van der Waals surface area contributed by atoms with Crippen LogP contribution in [0.1, 0.15) is 23.2 Å². The Balaban J connectivity index is 1.57. The molecule has 3 aromatic rings. The lowest BCUT2D eigenvalue weighted by molar-refractivity contribution is -0.147. The lowest BCUT2D eigenvalue weighted by atomic mass is 10.2. The van der Waals surface area contributed by atoms with Crippen LogP contribution in [0.2, 0.25) is 0 Å². The van der Waals surface area contributed by atoms with Gasteiger partial charge in [-0.1, -0.05) is 23.4 Å². The molecule has 9 nitrogen and oxygen atoms in total. The maximum absolute atomic E-state index is 12.2. The van der Waals surface area contributed by atoms with E-state index in [0.717, 1.165) is 0 Å². The van der Waals surface area contributed by atoms with Gasteiger partial charge in [-0.15, -0.1) is 0 Å². The van der Waals surface area contributed by atoms with Gasteiger partial charge in [0.15, 0.2) is 18.1 Å². The van der Waals surface area contributed by atoms with E-state index in [1.54, 1.807) is 55.6 Å². The Labute approximate surface area is 172 Å². The largest absolute Gasteiger partial charge is 0.493 e. The summed E-state index contributed by atoms with van der Waals surface area (Å²) < 4.78 is 20.8. The Morgan fingerprint density at radius 2 is 1.80 bits per heavy atom. The minimum Gasteiger partial charge on any atom is -0.493 e. The van der Waals surface area contributed by atoms with Crippen LogP contribution in [0.25, 0.3) is 11.4 Å². The van der Waals surface area contributed by atoms with Gasteiger partial charge in [-0.05, 0) is 37.3 Å². The highest BCUT2D eigenvalue weighted by atomic mass is 16.6. The summed E-state index contributed by atoms with van der Waals surface area (Å²) in [4.78, 5) is 28.5. The topological polar surface area (TPSA) is 113 Å². The molecule has 0 saturated heterocycles. The highest BCUT2D eigenvalue weighted by Crippen LogP contribution is 2.31. The molecular weight excluding hydrogens is 390 g/mol. The van der Waals surface area contributed by atoms with Gasteiger partial charge in [0.25, 0.3) is 11.8 Å². The lowest BCUT2D eigenvalue weighted by Gasteiger charge is -2.12. The maximum atomic E-state index is 12.2. The minimum absolute atomic E-state index is 0.120. The number of nitrogens with one attached hydrogen (secondary N) is 1. The molecule has 0 spiro atoms. The van der Waals surface area contributed by atoms with E-state index in [0.29, 0.717) is 28.5 Å². The predicted molar refractivity (Wildman–Crippen MR) is 106 cm³/mol. The number of methoxy groups -OCH3 is 2. The highest BCUT2D eigenvalue weighted by Gasteiger charge is 2.19. The zero-order valence-electron chi connectivity index (χ0n) is 16.7. The smallest absolute Gasteiger partial charge is 0.328 e. The van der Waals surface area contributed by atoms with Crippen molar-refractivity contribution < 1.29 is 28.3 Å². The second kappa shape index (κ2) is 9.55. The van der Waals surface area contributed by atoms with Crippen LogP contribution in [0.5, 0.6) is 11.5 Å². The lowest BCUT2D eigenvalue weighted by Crippen LogP contribution is -2.39. The summed E-state index contributed by atoms with van der Waals surface area (Å²) in [7, 11) is 3.07. The first-order valence-corrected chi connectivity index (χ1v) is 9.09. The number of benzene rings is 2. The first kappa shape index (κ1) is 20.8. The molecule has 3 rings (SSSR count). The SMILES string of the molecule is COc1ccc(-c2noc(COC(=O)[C@H](C)NC(=O)c3ccccc3)n2)cc1OC. The van der Waals surface area contributed by atoms with E-state index in [1.807, 2.05) is 0 Å². The number of rotatable bonds is 8. The Bertz CT molecular complexity index is 1020. The van der Waals surface area contributed by atoms with Crippen molar-refractivity contribution in [2.24, 2.45) is 0 Å². The molecule has 0 saturated carbocycles. The van der Waals surface area contributed by atoms with Crippen molar-refractivity contribution in [2.45, 2.75) is 19.6 Å². The van der Waals surface area contributed by atoms with Crippen molar-refractivity contribution in [3.05, 3.63) is 60.0 Å². The third-order valence-corrected chi connectivity index (χ3v) is 4.18. The molecule has 0 aliphatic rings. The minimum atomic E-state index is -0.842. The number of carbonyl (C=O) groups excluding carboxylic acids is 2. The van der Waals surface area contributed by atoms with Crippen LogP contribution in [0.3, 0.4) is 0 Å². The Kier molecular flexibility index (Phi) is 6.63. The van der Waals surface area contributed by atoms with Gasteiger partial charge in [-0.25, -0.2) is 4.79 Å². The van der Waals surface area contributed by atoms with Crippen LogP contribution in [0.15, 0.2) is 53.1 Å². The Hall–Kier alpha value is -3.88. The number of esters is 1. The zero-order valence-corrected chi connectivity index (χ0v) is 16.7. The molecule has 156 valence electrons. The molecule has 1 aromatic heterocycles. The second-order valence-electron chi connectivity index (χ2n) is 6.25. The summed E-state index contributed by atoms with van der Waals surface area (Å²) in [6, 6.07) is 12.9. The number of amides is 1. The summed E-state index contributed by atoms with van der Waals surface area (Å²) in [5, 5.41) is 6.47. The van der Waals surface area contributed by atoms with Crippen molar-refractivity contribution in [3.8, 4) is 22.9 Å². The standard InChI is InChI=1S/C21H21N3O6/c1-13(22-20(25)14-7-5-4-6-8-14)21(26)29-12-18-23-19(24-30-18)15-9-10-16(27-2)17(11-15)28-3/h4-11,13H,12H2,1-3H3,(H,22,25)/t13-/m0/s1. The number of hydrogen-bond donors (Lipinski definition) is 1. The van der Waals surface area contributed by atoms with Crippen LogP contribution < -0.4 is 14.8 Å². The molecule has 0 bridgehead atoms. The van der Waals surface area contributed by atoms with Crippen molar-refractivity contribution in [3.63, 3.8) is 0 Å². The van der Waals surface area contributed by atoms with Crippen LogP contribution in [-0.2, 0) is 16.1 Å². The number of aromatic nitrogens is 2. The fraction of sp³-hybridized carbons (Fsp3) is 0.238. The molecule has 1 atom stereocenters. The highest BCUT2D eigenvalue weighted by molar-refractivity contribution is 5.96. The molecule has 0 aliphatic heterocycles. The van der Waals surface area contributed by atoms with Gasteiger partial charge in [-0.2, -0.15) is 4.98 Å². The monoisotopic (exact) mass is 411 g/mol. The summed E-state index contributed by atoms with van der Waals surface area (Å²) >= 11 is 0. The van der Waals surface area contributed by atoms with Gasteiger partial charge in [0.1, 0.15) is 6.04 Å². The summed E-state index contributed by atoms with van der Waals surface area (Å²) in [6.07, 6.45) is 0. The zero-order chi connectivity index (χ0) is 21.5. The molecule has 0 unspecified atom stereocenters. The fourth-order valence-corrected chi connectivity index (χ4v) is 2.59. The molecule has 2 aromatic carbocycles. The molecule has 0 radical (unpaired) electrons. The van der Waals surface area contributed by atoms with Gasteiger partial charge in [0.05, 0.1) is 14.2 Å². The van der Waals surface area contributed by atoms with Gasteiger partial charge in [0.2, 0.25) is 5.82 Å². The van der Waals surface area contributed by atoms with E-state index in [2.05, 4.69) is 15.5 Å². The predicted octanol–water partition coefficient (Wildman–Crippen LogP) is 2.62. The van der Waals surface area contributed by atoms with Gasteiger partial charge >= 0.3 is 5.97 Å². The normalized spacial score (nSPS) is 11.4. The molecule has 1 N–H and O–H groups in total. The maximum Gasteiger partial charge on any atom is 0.328 e. The van der Waals surface area contributed by atoms with Gasteiger partial charge in [0, 0.05) is 11.1 Å². The van der Waals surface area contributed by atoms with E-state index >= 15 is 0 Å². The molecule has 30 heavy (non-hydrogen) atoms. The van der Waals surface area contributed by atoms with Gasteiger partial charge < -0.3 is 24.1 Å².